The normalized spacial score (nSPS) is 10.5. The summed E-state index contributed by atoms with van der Waals surface area (Å²) in [7, 11) is 0. The first-order valence-electron chi connectivity index (χ1n) is 5.43. The van der Waals surface area contributed by atoms with Gasteiger partial charge in [-0.05, 0) is 40.5 Å². The van der Waals surface area contributed by atoms with Gasteiger partial charge in [0.2, 0.25) is 0 Å². The summed E-state index contributed by atoms with van der Waals surface area (Å²) in [5.41, 5.74) is 9.59. The Morgan fingerprint density at radius 2 is 1.59 bits per heavy atom. The number of halogens is 1. The number of nitrogens with two attached hydrogens (primary N) is 1. The molecule has 0 amide bonds. The second kappa shape index (κ2) is 5.32. The number of aliphatic hydroxyl groups is 1. The van der Waals surface area contributed by atoms with Gasteiger partial charge >= 0.3 is 0 Å². The van der Waals surface area contributed by atoms with E-state index in [2.05, 4.69) is 0 Å². The lowest BCUT2D eigenvalue weighted by molar-refractivity contribution is 0.280. The monoisotopic (exact) mass is 247 g/mol. The first-order valence-corrected chi connectivity index (χ1v) is 5.81. The van der Waals surface area contributed by atoms with Crippen LogP contribution in [0, 0.1) is 0 Å². The molecule has 0 aliphatic carbocycles. The molecule has 0 radical (unpaired) electrons. The van der Waals surface area contributed by atoms with Crippen molar-refractivity contribution in [3.8, 4) is 11.1 Å². The van der Waals surface area contributed by atoms with Gasteiger partial charge < -0.3 is 10.8 Å². The largest absolute Gasteiger partial charge is 0.392 e. The quantitative estimate of drug-likeness (QED) is 0.876. The molecule has 88 valence electrons. The van der Waals surface area contributed by atoms with Crippen LogP contribution in [0.4, 0.5) is 0 Å². The molecule has 0 saturated carbocycles. The van der Waals surface area contributed by atoms with Gasteiger partial charge in [0.05, 0.1) is 6.61 Å². The molecular formula is C14H14ClNO. The van der Waals surface area contributed by atoms with Gasteiger partial charge in [0.25, 0.3) is 0 Å². The highest BCUT2D eigenvalue weighted by Gasteiger charge is 2.03. The van der Waals surface area contributed by atoms with Crippen LogP contribution in [-0.2, 0) is 13.2 Å². The molecule has 0 aromatic heterocycles. The van der Waals surface area contributed by atoms with Crippen LogP contribution < -0.4 is 5.73 Å². The maximum absolute atomic E-state index is 9.29. The Bertz CT molecular complexity index is 508. The third-order valence-corrected chi connectivity index (χ3v) is 3.03. The molecule has 0 aliphatic rings. The highest BCUT2D eigenvalue weighted by Crippen LogP contribution is 2.24. The molecule has 0 fully saturated rings. The lowest BCUT2D eigenvalue weighted by Gasteiger charge is -2.08. The van der Waals surface area contributed by atoms with Gasteiger partial charge in [-0.1, -0.05) is 35.9 Å². The minimum Gasteiger partial charge on any atom is -0.392 e. The van der Waals surface area contributed by atoms with E-state index in [1.807, 2.05) is 42.5 Å². The standard InChI is InChI=1S/C14H14ClNO/c15-14-5-3-10(4-6-14)11-1-2-12(8-16)13(7-11)9-17/h1-7,17H,8-9,16H2. The predicted molar refractivity (Wildman–Crippen MR) is 70.7 cm³/mol. The highest BCUT2D eigenvalue weighted by molar-refractivity contribution is 6.30. The summed E-state index contributed by atoms with van der Waals surface area (Å²) < 4.78 is 0. The average Bonchev–Trinajstić information content (AvgIpc) is 2.39. The van der Waals surface area contributed by atoms with Crippen LogP contribution in [-0.4, -0.2) is 5.11 Å². The van der Waals surface area contributed by atoms with Crippen molar-refractivity contribution in [1.82, 2.24) is 0 Å². The van der Waals surface area contributed by atoms with Crippen LogP contribution in [0.25, 0.3) is 11.1 Å². The van der Waals surface area contributed by atoms with Crippen molar-refractivity contribution < 1.29 is 5.11 Å². The average molecular weight is 248 g/mol. The molecule has 17 heavy (non-hydrogen) atoms. The maximum Gasteiger partial charge on any atom is 0.0685 e. The SMILES string of the molecule is NCc1ccc(-c2ccc(Cl)cc2)cc1CO. The minimum absolute atomic E-state index is 0.00790. The molecule has 3 N–H and O–H groups in total. The maximum atomic E-state index is 9.29. The third-order valence-electron chi connectivity index (χ3n) is 2.77. The number of hydrogen-bond donors (Lipinski definition) is 2. The van der Waals surface area contributed by atoms with Gasteiger partial charge in [0, 0.05) is 11.6 Å². The Balaban J connectivity index is 2.42. The van der Waals surface area contributed by atoms with Crippen molar-refractivity contribution in [2.45, 2.75) is 13.2 Å². The Hall–Kier alpha value is -1.35. The van der Waals surface area contributed by atoms with Crippen LogP contribution in [0.15, 0.2) is 42.5 Å². The zero-order chi connectivity index (χ0) is 12.3. The zero-order valence-electron chi connectivity index (χ0n) is 9.36. The second-order valence-electron chi connectivity index (χ2n) is 3.85. The van der Waals surface area contributed by atoms with Crippen molar-refractivity contribution in [3.63, 3.8) is 0 Å². The number of benzene rings is 2. The smallest absolute Gasteiger partial charge is 0.0685 e. The van der Waals surface area contributed by atoms with Gasteiger partial charge in [-0.15, -0.1) is 0 Å². The van der Waals surface area contributed by atoms with Crippen molar-refractivity contribution in [1.29, 1.82) is 0 Å². The summed E-state index contributed by atoms with van der Waals surface area (Å²) in [4.78, 5) is 0. The molecule has 3 heteroatoms. The van der Waals surface area contributed by atoms with Crippen LogP contribution in [0.2, 0.25) is 5.02 Å². The number of rotatable bonds is 3. The summed E-state index contributed by atoms with van der Waals surface area (Å²) in [6.45, 7) is 0.449. The molecule has 0 aliphatic heterocycles. The van der Waals surface area contributed by atoms with Crippen LogP contribution in [0.3, 0.4) is 0 Å². The lowest BCUT2D eigenvalue weighted by Crippen LogP contribution is -2.01. The van der Waals surface area contributed by atoms with Gasteiger partial charge in [-0.3, -0.25) is 0 Å². The van der Waals surface area contributed by atoms with E-state index in [1.54, 1.807) is 0 Å². The van der Waals surface area contributed by atoms with E-state index in [4.69, 9.17) is 17.3 Å². The Morgan fingerprint density at radius 1 is 0.941 bits per heavy atom. The molecule has 0 unspecified atom stereocenters. The van der Waals surface area contributed by atoms with Crippen molar-refractivity contribution in [2.75, 3.05) is 0 Å². The fourth-order valence-corrected chi connectivity index (χ4v) is 1.92. The van der Waals surface area contributed by atoms with Gasteiger partial charge in [-0.25, -0.2) is 0 Å². The predicted octanol–water partition coefficient (Wildman–Crippen LogP) is 2.96. The Labute approximate surface area is 106 Å². The van der Waals surface area contributed by atoms with E-state index in [0.29, 0.717) is 6.54 Å². The van der Waals surface area contributed by atoms with E-state index < -0.39 is 0 Å². The van der Waals surface area contributed by atoms with E-state index >= 15 is 0 Å². The fraction of sp³-hybridized carbons (Fsp3) is 0.143. The van der Waals surface area contributed by atoms with Crippen LogP contribution in [0.5, 0.6) is 0 Å². The summed E-state index contributed by atoms with van der Waals surface area (Å²) in [6.07, 6.45) is 0. The second-order valence-corrected chi connectivity index (χ2v) is 4.29. The summed E-state index contributed by atoms with van der Waals surface area (Å²) >= 11 is 5.85. The third kappa shape index (κ3) is 2.67. The van der Waals surface area contributed by atoms with E-state index in [-0.39, 0.29) is 6.61 Å². The molecule has 2 aromatic carbocycles. The van der Waals surface area contributed by atoms with E-state index in [9.17, 15) is 5.11 Å². The number of hydrogen-bond acceptors (Lipinski definition) is 2. The molecule has 0 spiro atoms. The van der Waals surface area contributed by atoms with Crippen molar-refractivity contribution in [3.05, 3.63) is 58.6 Å². The molecule has 2 aromatic rings. The summed E-state index contributed by atoms with van der Waals surface area (Å²) in [5.74, 6) is 0. The molecule has 0 atom stereocenters. The Morgan fingerprint density at radius 3 is 2.18 bits per heavy atom. The van der Waals surface area contributed by atoms with Gasteiger partial charge in [0.15, 0.2) is 0 Å². The highest BCUT2D eigenvalue weighted by atomic mass is 35.5. The first-order chi connectivity index (χ1) is 8.24. The Kier molecular flexibility index (Phi) is 3.79. The van der Waals surface area contributed by atoms with E-state index in [0.717, 1.165) is 27.3 Å². The van der Waals surface area contributed by atoms with E-state index in [1.165, 1.54) is 0 Å². The fourth-order valence-electron chi connectivity index (χ4n) is 1.79. The number of aliphatic hydroxyl groups excluding tert-OH is 1. The summed E-state index contributed by atoms with van der Waals surface area (Å²) in [5, 5.41) is 10.0. The van der Waals surface area contributed by atoms with Gasteiger partial charge in [-0.2, -0.15) is 0 Å². The molecule has 2 nitrogen and oxygen atoms in total. The molecule has 0 bridgehead atoms. The molecular weight excluding hydrogens is 234 g/mol. The minimum atomic E-state index is 0.00790. The van der Waals surface area contributed by atoms with Crippen LogP contribution >= 0.6 is 11.6 Å². The lowest BCUT2D eigenvalue weighted by atomic mass is 9.99. The first kappa shape index (κ1) is 12.1. The molecule has 0 heterocycles. The zero-order valence-corrected chi connectivity index (χ0v) is 10.1. The van der Waals surface area contributed by atoms with Crippen molar-refractivity contribution >= 4 is 11.6 Å². The van der Waals surface area contributed by atoms with Gasteiger partial charge in [0.1, 0.15) is 0 Å². The van der Waals surface area contributed by atoms with Crippen molar-refractivity contribution in [2.24, 2.45) is 5.73 Å². The molecule has 2 rings (SSSR count). The van der Waals surface area contributed by atoms with Crippen LogP contribution in [0.1, 0.15) is 11.1 Å². The molecule has 0 saturated heterocycles. The topological polar surface area (TPSA) is 46.2 Å². The summed E-state index contributed by atoms with van der Waals surface area (Å²) in [6, 6.07) is 13.5.